The number of nitrogens with one attached hydrogen (secondary N) is 1. The first-order valence-corrected chi connectivity index (χ1v) is 7.60. The maximum Gasteiger partial charge on any atom is 0.320 e. The maximum atomic E-state index is 11.9. The standard InChI is InChI=1S/C13H16Br2N2O3/c1-3-20-13(19)8-17(2)7-12(18)16-11-5-4-9(14)6-10(11)15/h4-6H,3,7-8H2,1-2H3,(H,16,18). The number of benzene rings is 1. The Bertz CT molecular complexity index is 495. The summed E-state index contributed by atoms with van der Waals surface area (Å²) in [7, 11) is 1.69. The number of esters is 1. The fraction of sp³-hybridized carbons (Fsp3) is 0.385. The summed E-state index contributed by atoms with van der Waals surface area (Å²) >= 11 is 6.71. The van der Waals surface area contributed by atoms with Crippen LogP contribution in [-0.2, 0) is 14.3 Å². The second-order valence-electron chi connectivity index (χ2n) is 4.15. The van der Waals surface area contributed by atoms with E-state index in [2.05, 4.69) is 37.2 Å². The molecule has 0 aliphatic carbocycles. The van der Waals surface area contributed by atoms with Crippen LogP contribution < -0.4 is 5.32 Å². The average Bonchev–Trinajstić information content (AvgIpc) is 2.32. The highest BCUT2D eigenvalue weighted by Crippen LogP contribution is 2.25. The summed E-state index contributed by atoms with van der Waals surface area (Å²) in [5, 5.41) is 2.77. The number of rotatable bonds is 6. The van der Waals surface area contributed by atoms with Gasteiger partial charge in [-0.15, -0.1) is 0 Å². The van der Waals surface area contributed by atoms with E-state index in [-0.39, 0.29) is 25.0 Å². The van der Waals surface area contributed by atoms with Gasteiger partial charge in [-0.25, -0.2) is 0 Å². The van der Waals surface area contributed by atoms with Crippen LogP contribution in [0, 0.1) is 0 Å². The monoisotopic (exact) mass is 406 g/mol. The molecule has 110 valence electrons. The van der Waals surface area contributed by atoms with E-state index in [4.69, 9.17) is 4.74 Å². The zero-order chi connectivity index (χ0) is 15.1. The minimum atomic E-state index is -0.340. The van der Waals surface area contributed by atoms with E-state index in [1.54, 1.807) is 24.9 Å². The number of amides is 1. The summed E-state index contributed by atoms with van der Waals surface area (Å²) in [6, 6.07) is 5.47. The SMILES string of the molecule is CCOC(=O)CN(C)CC(=O)Nc1ccc(Br)cc1Br. The maximum absolute atomic E-state index is 11.9. The van der Waals surface area contributed by atoms with Gasteiger partial charge in [0.25, 0.3) is 0 Å². The summed E-state index contributed by atoms with van der Waals surface area (Å²) in [6.45, 7) is 2.28. The van der Waals surface area contributed by atoms with Crippen LogP contribution in [0.3, 0.4) is 0 Å². The highest BCUT2D eigenvalue weighted by atomic mass is 79.9. The van der Waals surface area contributed by atoms with Crippen LogP contribution in [0.5, 0.6) is 0 Å². The molecule has 5 nitrogen and oxygen atoms in total. The first-order valence-electron chi connectivity index (χ1n) is 6.01. The van der Waals surface area contributed by atoms with Crippen LogP contribution >= 0.6 is 31.9 Å². The van der Waals surface area contributed by atoms with Gasteiger partial charge in [0, 0.05) is 8.95 Å². The third-order valence-electron chi connectivity index (χ3n) is 2.32. The van der Waals surface area contributed by atoms with Gasteiger partial charge in [0.1, 0.15) is 0 Å². The number of likely N-dealkylation sites (N-methyl/N-ethyl adjacent to an activating group) is 1. The Hall–Kier alpha value is -0.920. The van der Waals surface area contributed by atoms with E-state index >= 15 is 0 Å². The molecular formula is C13H16Br2N2O3. The minimum absolute atomic E-state index is 0.0861. The Balaban J connectivity index is 2.49. The lowest BCUT2D eigenvalue weighted by molar-refractivity contribution is -0.144. The summed E-state index contributed by atoms with van der Waals surface area (Å²) in [4.78, 5) is 24.7. The summed E-state index contributed by atoms with van der Waals surface area (Å²) in [5.74, 6) is -0.535. The molecule has 0 fully saturated rings. The lowest BCUT2D eigenvalue weighted by Crippen LogP contribution is -2.34. The number of hydrogen-bond donors (Lipinski definition) is 1. The lowest BCUT2D eigenvalue weighted by atomic mass is 10.3. The van der Waals surface area contributed by atoms with Crippen LogP contribution in [0.15, 0.2) is 27.1 Å². The predicted molar refractivity (Wildman–Crippen MR) is 84.6 cm³/mol. The van der Waals surface area contributed by atoms with Gasteiger partial charge in [-0.3, -0.25) is 14.5 Å². The third kappa shape index (κ3) is 6.02. The summed E-state index contributed by atoms with van der Waals surface area (Å²) < 4.78 is 6.52. The molecule has 1 N–H and O–H groups in total. The topological polar surface area (TPSA) is 58.6 Å². The van der Waals surface area contributed by atoms with Crippen molar-refractivity contribution in [3.05, 3.63) is 27.1 Å². The lowest BCUT2D eigenvalue weighted by Gasteiger charge is -2.15. The van der Waals surface area contributed by atoms with Crippen molar-refractivity contribution >= 4 is 49.4 Å². The second kappa shape index (κ2) is 8.39. The molecule has 0 aliphatic rings. The van der Waals surface area contributed by atoms with Crippen LogP contribution in [0.2, 0.25) is 0 Å². The van der Waals surface area contributed by atoms with E-state index < -0.39 is 0 Å². The molecule has 0 saturated heterocycles. The molecule has 0 saturated carbocycles. The van der Waals surface area contributed by atoms with E-state index in [9.17, 15) is 9.59 Å². The minimum Gasteiger partial charge on any atom is -0.465 e. The molecule has 0 aromatic heterocycles. The molecule has 20 heavy (non-hydrogen) atoms. The molecule has 1 amide bonds. The molecule has 7 heteroatoms. The molecule has 0 bridgehead atoms. The molecule has 1 aromatic rings. The fourth-order valence-corrected chi connectivity index (χ4v) is 2.65. The van der Waals surface area contributed by atoms with E-state index in [1.165, 1.54) is 0 Å². The zero-order valence-electron chi connectivity index (χ0n) is 11.3. The number of hydrogen-bond acceptors (Lipinski definition) is 4. The van der Waals surface area contributed by atoms with Crippen molar-refractivity contribution < 1.29 is 14.3 Å². The molecule has 0 spiro atoms. The molecule has 0 aliphatic heterocycles. The number of carbonyl (C=O) groups excluding carboxylic acids is 2. The highest BCUT2D eigenvalue weighted by molar-refractivity contribution is 9.11. The van der Waals surface area contributed by atoms with Crippen LogP contribution in [-0.4, -0.2) is 43.5 Å². The molecule has 1 rings (SSSR count). The number of carbonyl (C=O) groups is 2. The Kier molecular flexibility index (Phi) is 7.18. The van der Waals surface area contributed by atoms with Crippen molar-refractivity contribution in [2.24, 2.45) is 0 Å². The Morgan fingerprint density at radius 1 is 1.30 bits per heavy atom. The molecule has 0 unspecified atom stereocenters. The van der Waals surface area contributed by atoms with E-state index in [0.29, 0.717) is 12.3 Å². The van der Waals surface area contributed by atoms with Crippen LogP contribution in [0.1, 0.15) is 6.92 Å². The van der Waals surface area contributed by atoms with Gasteiger partial charge in [-0.05, 0) is 48.1 Å². The second-order valence-corrected chi connectivity index (χ2v) is 5.92. The fourth-order valence-electron chi connectivity index (χ4n) is 1.51. The molecule has 0 heterocycles. The number of ether oxygens (including phenoxy) is 1. The van der Waals surface area contributed by atoms with Crippen molar-refractivity contribution in [2.45, 2.75) is 6.92 Å². The molecule has 0 atom stereocenters. The largest absolute Gasteiger partial charge is 0.465 e. The molecule has 0 radical (unpaired) electrons. The quantitative estimate of drug-likeness (QED) is 0.736. The normalized spacial score (nSPS) is 10.4. The number of halogens is 2. The number of nitrogens with zero attached hydrogens (tertiary/aromatic N) is 1. The van der Waals surface area contributed by atoms with Gasteiger partial charge < -0.3 is 10.1 Å². The first-order chi connectivity index (χ1) is 9.42. The summed E-state index contributed by atoms with van der Waals surface area (Å²) in [6.07, 6.45) is 0. The Morgan fingerprint density at radius 3 is 2.60 bits per heavy atom. The number of anilines is 1. The Labute approximate surface area is 134 Å². The summed E-state index contributed by atoms with van der Waals surface area (Å²) in [5.41, 5.74) is 0.683. The van der Waals surface area contributed by atoms with Crippen molar-refractivity contribution in [1.82, 2.24) is 4.90 Å². The van der Waals surface area contributed by atoms with Gasteiger partial charge in [0.15, 0.2) is 0 Å². The van der Waals surface area contributed by atoms with Crippen LogP contribution in [0.25, 0.3) is 0 Å². The molecular weight excluding hydrogens is 392 g/mol. The van der Waals surface area contributed by atoms with Gasteiger partial charge in [-0.2, -0.15) is 0 Å². The average molecular weight is 408 g/mol. The first kappa shape index (κ1) is 17.1. The van der Waals surface area contributed by atoms with Crippen molar-refractivity contribution in [3.63, 3.8) is 0 Å². The van der Waals surface area contributed by atoms with Crippen molar-refractivity contribution in [3.8, 4) is 0 Å². The van der Waals surface area contributed by atoms with Gasteiger partial charge in [0.2, 0.25) is 5.91 Å². The highest BCUT2D eigenvalue weighted by Gasteiger charge is 2.12. The van der Waals surface area contributed by atoms with Gasteiger partial charge in [-0.1, -0.05) is 15.9 Å². The van der Waals surface area contributed by atoms with E-state index in [0.717, 1.165) is 8.95 Å². The van der Waals surface area contributed by atoms with Crippen molar-refractivity contribution in [2.75, 3.05) is 32.1 Å². The third-order valence-corrected chi connectivity index (χ3v) is 3.47. The predicted octanol–water partition coefficient (Wildman–Crippen LogP) is 2.65. The van der Waals surface area contributed by atoms with Gasteiger partial charge >= 0.3 is 5.97 Å². The Morgan fingerprint density at radius 2 is 2.00 bits per heavy atom. The van der Waals surface area contributed by atoms with E-state index in [1.807, 2.05) is 12.1 Å². The zero-order valence-corrected chi connectivity index (χ0v) is 14.5. The van der Waals surface area contributed by atoms with Crippen LogP contribution in [0.4, 0.5) is 5.69 Å². The van der Waals surface area contributed by atoms with Crippen molar-refractivity contribution in [1.29, 1.82) is 0 Å². The molecule has 1 aromatic carbocycles. The van der Waals surface area contributed by atoms with Gasteiger partial charge in [0.05, 0.1) is 25.4 Å². The smallest absolute Gasteiger partial charge is 0.320 e.